The Hall–Kier alpha value is -2.66. The van der Waals surface area contributed by atoms with E-state index in [0.29, 0.717) is 12.3 Å². The Morgan fingerprint density at radius 1 is 1.04 bits per heavy atom. The van der Waals surface area contributed by atoms with Crippen LogP contribution in [0.5, 0.6) is 5.75 Å². The van der Waals surface area contributed by atoms with Crippen molar-refractivity contribution < 1.29 is 9.84 Å². The molecule has 0 spiro atoms. The molecule has 1 N–H and O–H groups in total. The van der Waals surface area contributed by atoms with Gasteiger partial charge in [-0.3, -0.25) is 0 Å². The first-order chi connectivity index (χ1) is 11.2. The molecule has 0 radical (unpaired) electrons. The summed E-state index contributed by atoms with van der Waals surface area (Å²) in [6.45, 7) is 4.17. The van der Waals surface area contributed by atoms with Crippen molar-refractivity contribution in [3.8, 4) is 11.4 Å². The number of hydrogen-bond acceptors (Lipinski definition) is 4. The molecular weight excluding hydrogens is 290 g/mol. The molecule has 3 aromatic rings. The molecule has 3 rings (SSSR count). The highest BCUT2D eigenvalue weighted by Crippen LogP contribution is 2.19. The van der Waals surface area contributed by atoms with Crippen LogP contribution in [0.2, 0.25) is 0 Å². The molecule has 0 amide bonds. The van der Waals surface area contributed by atoms with E-state index in [2.05, 4.69) is 10.3 Å². The minimum Gasteiger partial charge on any atom is -0.487 e. The van der Waals surface area contributed by atoms with Gasteiger partial charge in [-0.25, -0.2) is 4.68 Å². The maximum Gasteiger partial charge on any atom is 0.132 e. The van der Waals surface area contributed by atoms with E-state index in [4.69, 9.17) is 4.74 Å². The molecule has 0 bridgehead atoms. The number of ether oxygens (including phenoxy) is 1. The Bertz CT molecular complexity index is 794. The van der Waals surface area contributed by atoms with Gasteiger partial charge in [0.2, 0.25) is 0 Å². The number of aliphatic hydroxyl groups is 1. The third-order valence-electron chi connectivity index (χ3n) is 3.73. The normalized spacial score (nSPS) is 10.7. The largest absolute Gasteiger partial charge is 0.487 e. The van der Waals surface area contributed by atoms with Gasteiger partial charge < -0.3 is 9.84 Å². The topological polar surface area (TPSA) is 60.2 Å². The molecule has 118 valence electrons. The molecule has 0 aliphatic carbocycles. The van der Waals surface area contributed by atoms with Crippen LogP contribution in [-0.2, 0) is 13.2 Å². The maximum atomic E-state index is 9.51. The summed E-state index contributed by atoms with van der Waals surface area (Å²) in [5, 5.41) is 17.7. The average molecular weight is 309 g/mol. The Balaban J connectivity index is 1.90. The molecule has 0 aliphatic rings. The molecular formula is C18H19N3O2. The molecule has 5 nitrogen and oxygen atoms in total. The SMILES string of the molecule is Cc1ccc(OCc2c(CO)nnn2-c2ccccc2C)cc1. The fraction of sp³-hybridized carbons (Fsp3) is 0.222. The zero-order valence-corrected chi connectivity index (χ0v) is 13.2. The van der Waals surface area contributed by atoms with E-state index in [1.807, 2.05) is 62.4 Å². The lowest BCUT2D eigenvalue weighted by atomic mass is 10.2. The highest BCUT2D eigenvalue weighted by Gasteiger charge is 2.15. The molecule has 23 heavy (non-hydrogen) atoms. The first-order valence-electron chi connectivity index (χ1n) is 7.49. The summed E-state index contributed by atoms with van der Waals surface area (Å²) >= 11 is 0. The monoisotopic (exact) mass is 309 g/mol. The van der Waals surface area contributed by atoms with Gasteiger partial charge in [0.05, 0.1) is 12.3 Å². The van der Waals surface area contributed by atoms with Crippen LogP contribution in [0.15, 0.2) is 48.5 Å². The lowest BCUT2D eigenvalue weighted by Crippen LogP contribution is -2.09. The number of benzene rings is 2. The molecule has 0 saturated carbocycles. The van der Waals surface area contributed by atoms with Crippen LogP contribution in [0.25, 0.3) is 5.69 Å². The van der Waals surface area contributed by atoms with Crippen molar-refractivity contribution in [1.29, 1.82) is 0 Å². The maximum absolute atomic E-state index is 9.51. The second-order valence-corrected chi connectivity index (χ2v) is 5.44. The lowest BCUT2D eigenvalue weighted by Gasteiger charge is -2.11. The van der Waals surface area contributed by atoms with Gasteiger partial charge in [0.15, 0.2) is 0 Å². The predicted octanol–water partition coefficient (Wildman–Crippen LogP) is 2.96. The summed E-state index contributed by atoms with van der Waals surface area (Å²) in [5.41, 5.74) is 4.48. The molecule has 0 saturated heterocycles. The molecule has 0 unspecified atom stereocenters. The van der Waals surface area contributed by atoms with Gasteiger partial charge in [0.1, 0.15) is 23.7 Å². The fourth-order valence-electron chi connectivity index (χ4n) is 2.38. The van der Waals surface area contributed by atoms with Crippen LogP contribution < -0.4 is 4.74 Å². The summed E-state index contributed by atoms with van der Waals surface area (Å²) in [4.78, 5) is 0. The van der Waals surface area contributed by atoms with Crippen LogP contribution in [0.1, 0.15) is 22.5 Å². The summed E-state index contributed by atoms with van der Waals surface area (Å²) < 4.78 is 7.57. The minimum atomic E-state index is -0.168. The van der Waals surface area contributed by atoms with E-state index in [9.17, 15) is 5.11 Å². The number of hydrogen-bond donors (Lipinski definition) is 1. The third kappa shape index (κ3) is 3.24. The van der Waals surface area contributed by atoms with Gasteiger partial charge in [-0.1, -0.05) is 41.1 Å². The summed E-state index contributed by atoms with van der Waals surface area (Å²) in [6.07, 6.45) is 0. The van der Waals surface area contributed by atoms with Crippen LogP contribution in [0.3, 0.4) is 0 Å². The van der Waals surface area contributed by atoms with Crippen molar-refractivity contribution in [2.45, 2.75) is 27.1 Å². The second kappa shape index (κ2) is 6.62. The van der Waals surface area contributed by atoms with Gasteiger partial charge >= 0.3 is 0 Å². The van der Waals surface area contributed by atoms with E-state index in [0.717, 1.165) is 22.7 Å². The van der Waals surface area contributed by atoms with Crippen molar-refractivity contribution >= 4 is 0 Å². The number of rotatable bonds is 5. The van der Waals surface area contributed by atoms with Crippen molar-refractivity contribution in [2.75, 3.05) is 0 Å². The Labute approximate surface area is 135 Å². The highest BCUT2D eigenvalue weighted by molar-refractivity contribution is 5.41. The van der Waals surface area contributed by atoms with Gasteiger partial charge in [0.25, 0.3) is 0 Å². The van der Waals surface area contributed by atoms with E-state index in [1.165, 1.54) is 5.56 Å². The van der Waals surface area contributed by atoms with Crippen LogP contribution in [0, 0.1) is 13.8 Å². The molecule has 5 heteroatoms. The Kier molecular flexibility index (Phi) is 4.39. The summed E-state index contributed by atoms with van der Waals surface area (Å²) in [7, 11) is 0. The third-order valence-corrected chi connectivity index (χ3v) is 3.73. The average Bonchev–Trinajstić information content (AvgIpc) is 2.97. The standard InChI is InChI=1S/C18H19N3O2/c1-13-7-9-15(10-8-13)23-12-18-16(11-22)19-20-21(18)17-6-4-3-5-14(17)2/h3-10,22H,11-12H2,1-2H3. The fourth-order valence-corrected chi connectivity index (χ4v) is 2.38. The number of para-hydroxylation sites is 1. The van der Waals surface area contributed by atoms with E-state index in [1.54, 1.807) is 4.68 Å². The van der Waals surface area contributed by atoms with Crippen molar-refractivity contribution in [1.82, 2.24) is 15.0 Å². The number of aromatic nitrogens is 3. The Morgan fingerprint density at radius 3 is 2.48 bits per heavy atom. The van der Waals surface area contributed by atoms with E-state index in [-0.39, 0.29) is 6.61 Å². The van der Waals surface area contributed by atoms with Gasteiger partial charge in [0, 0.05) is 0 Å². The van der Waals surface area contributed by atoms with Crippen LogP contribution >= 0.6 is 0 Å². The van der Waals surface area contributed by atoms with Gasteiger partial charge in [-0.2, -0.15) is 0 Å². The quantitative estimate of drug-likeness (QED) is 0.787. The lowest BCUT2D eigenvalue weighted by molar-refractivity contribution is 0.263. The van der Waals surface area contributed by atoms with Gasteiger partial charge in [-0.15, -0.1) is 5.10 Å². The second-order valence-electron chi connectivity index (χ2n) is 5.44. The van der Waals surface area contributed by atoms with Crippen molar-refractivity contribution in [3.63, 3.8) is 0 Å². The zero-order valence-electron chi connectivity index (χ0n) is 13.2. The number of nitrogens with zero attached hydrogens (tertiary/aromatic N) is 3. The van der Waals surface area contributed by atoms with Gasteiger partial charge in [-0.05, 0) is 37.6 Å². The molecule has 1 aromatic heterocycles. The zero-order chi connectivity index (χ0) is 16.2. The van der Waals surface area contributed by atoms with E-state index < -0.39 is 0 Å². The van der Waals surface area contributed by atoms with E-state index >= 15 is 0 Å². The van der Waals surface area contributed by atoms with Crippen molar-refractivity contribution in [3.05, 3.63) is 71.0 Å². The van der Waals surface area contributed by atoms with Crippen LogP contribution in [0.4, 0.5) is 0 Å². The molecule has 0 fully saturated rings. The summed E-state index contributed by atoms with van der Waals surface area (Å²) in [5.74, 6) is 0.775. The molecule has 1 heterocycles. The summed E-state index contributed by atoms with van der Waals surface area (Å²) in [6, 6.07) is 15.8. The number of aliphatic hydroxyl groups excluding tert-OH is 1. The smallest absolute Gasteiger partial charge is 0.132 e. The first kappa shape index (κ1) is 15.2. The minimum absolute atomic E-state index is 0.168. The van der Waals surface area contributed by atoms with Crippen molar-refractivity contribution in [2.24, 2.45) is 0 Å². The molecule has 2 aromatic carbocycles. The predicted molar refractivity (Wildman–Crippen MR) is 87.5 cm³/mol. The number of aryl methyl sites for hydroxylation is 2. The van der Waals surface area contributed by atoms with Crippen LogP contribution in [-0.4, -0.2) is 20.1 Å². The Morgan fingerprint density at radius 2 is 1.78 bits per heavy atom. The molecule has 0 aliphatic heterocycles. The first-order valence-corrected chi connectivity index (χ1v) is 7.49. The molecule has 0 atom stereocenters. The highest BCUT2D eigenvalue weighted by atomic mass is 16.5.